The lowest BCUT2D eigenvalue weighted by molar-refractivity contribution is -0.142. The van der Waals surface area contributed by atoms with Gasteiger partial charge in [-0.2, -0.15) is 0 Å². The molecule has 0 aromatic heterocycles. The first-order valence-electron chi connectivity index (χ1n) is 6.22. The quantitative estimate of drug-likeness (QED) is 0.776. The molecule has 2 aliphatic heterocycles. The first-order valence-corrected chi connectivity index (χ1v) is 6.22. The maximum absolute atomic E-state index is 12.1. The number of carbonyl (C=O) groups excluding carboxylic acids is 2. The maximum atomic E-state index is 12.1. The van der Waals surface area contributed by atoms with Crippen LogP contribution in [0.2, 0.25) is 0 Å². The van der Waals surface area contributed by atoms with Crippen LogP contribution in [-0.2, 0) is 14.3 Å². The summed E-state index contributed by atoms with van der Waals surface area (Å²) >= 11 is 0. The fourth-order valence-electron chi connectivity index (χ4n) is 2.71. The molecule has 2 saturated heterocycles. The van der Waals surface area contributed by atoms with Crippen molar-refractivity contribution in [2.24, 2.45) is 5.73 Å². The summed E-state index contributed by atoms with van der Waals surface area (Å²) in [6.07, 6.45) is -3.99. The molecule has 3 N–H and O–H groups in total. The third kappa shape index (κ3) is 1.91. The van der Waals surface area contributed by atoms with Gasteiger partial charge in [0.2, 0.25) is 0 Å². The van der Waals surface area contributed by atoms with Crippen molar-refractivity contribution in [2.75, 3.05) is 6.61 Å². The molecule has 0 saturated carbocycles. The summed E-state index contributed by atoms with van der Waals surface area (Å²) in [4.78, 5) is 24.4. The summed E-state index contributed by atoms with van der Waals surface area (Å²) in [7, 11) is 0. The van der Waals surface area contributed by atoms with Crippen molar-refractivity contribution in [3.05, 3.63) is 35.9 Å². The van der Waals surface area contributed by atoms with E-state index >= 15 is 0 Å². The molecule has 2 aliphatic rings. The van der Waals surface area contributed by atoms with Crippen LogP contribution >= 0.6 is 0 Å². The lowest BCUT2D eigenvalue weighted by Gasteiger charge is -2.22. The van der Waals surface area contributed by atoms with Gasteiger partial charge in [0.15, 0.2) is 18.4 Å². The Morgan fingerprint density at radius 2 is 2.10 bits per heavy atom. The number of nitrogens with zero attached hydrogens (tertiary/aromatic N) is 1. The SMILES string of the molecule is NC(=O)O[C@@H]1[C@H](O)C(=O)N2[C@@H]1CO[C@H]2c1ccccc1. The fraction of sp³-hybridized carbons (Fsp3) is 0.385. The van der Waals surface area contributed by atoms with Crippen molar-refractivity contribution < 1.29 is 24.2 Å². The van der Waals surface area contributed by atoms with E-state index in [1.54, 1.807) is 0 Å². The van der Waals surface area contributed by atoms with Gasteiger partial charge in [0.25, 0.3) is 5.91 Å². The molecule has 2 amide bonds. The molecule has 20 heavy (non-hydrogen) atoms. The Hall–Kier alpha value is -2.12. The lowest BCUT2D eigenvalue weighted by Crippen LogP contribution is -2.39. The van der Waals surface area contributed by atoms with Crippen LogP contribution in [0.25, 0.3) is 0 Å². The van der Waals surface area contributed by atoms with Gasteiger partial charge in [0, 0.05) is 5.56 Å². The third-order valence-corrected chi connectivity index (χ3v) is 3.57. The Labute approximate surface area is 114 Å². The van der Waals surface area contributed by atoms with Crippen LogP contribution in [0.4, 0.5) is 4.79 Å². The number of carbonyl (C=O) groups is 2. The van der Waals surface area contributed by atoms with Crippen molar-refractivity contribution in [2.45, 2.75) is 24.5 Å². The number of fused-ring (bicyclic) bond motifs is 1. The van der Waals surface area contributed by atoms with Gasteiger partial charge in [-0.05, 0) is 0 Å². The number of hydrogen-bond acceptors (Lipinski definition) is 5. The van der Waals surface area contributed by atoms with Gasteiger partial charge < -0.3 is 25.2 Å². The minimum atomic E-state index is -1.40. The van der Waals surface area contributed by atoms with Gasteiger partial charge in [0.05, 0.1) is 12.6 Å². The number of amides is 2. The van der Waals surface area contributed by atoms with Gasteiger partial charge in [-0.15, -0.1) is 0 Å². The van der Waals surface area contributed by atoms with Gasteiger partial charge >= 0.3 is 6.09 Å². The molecule has 3 rings (SSSR count). The second kappa shape index (κ2) is 4.77. The third-order valence-electron chi connectivity index (χ3n) is 3.57. The van der Waals surface area contributed by atoms with Gasteiger partial charge in [-0.3, -0.25) is 4.79 Å². The molecule has 1 aromatic rings. The summed E-state index contributed by atoms with van der Waals surface area (Å²) in [6.45, 7) is 0.181. The zero-order valence-electron chi connectivity index (χ0n) is 10.5. The van der Waals surface area contributed by atoms with Gasteiger partial charge in [-0.25, -0.2) is 4.79 Å². The highest BCUT2D eigenvalue weighted by atomic mass is 16.6. The molecule has 0 radical (unpaired) electrons. The van der Waals surface area contributed by atoms with E-state index in [2.05, 4.69) is 0 Å². The second-order valence-electron chi connectivity index (χ2n) is 4.76. The van der Waals surface area contributed by atoms with E-state index in [0.717, 1.165) is 5.56 Å². The zero-order chi connectivity index (χ0) is 14.3. The molecular formula is C13H14N2O5. The second-order valence-corrected chi connectivity index (χ2v) is 4.76. The Kier molecular flexibility index (Phi) is 3.07. The number of hydrogen-bond donors (Lipinski definition) is 2. The molecule has 106 valence electrons. The van der Waals surface area contributed by atoms with Crippen LogP contribution in [0.5, 0.6) is 0 Å². The lowest BCUT2D eigenvalue weighted by atomic mass is 10.1. The summed E-state index contributed by atoms with van der Waals surface area (Å²) in [5.41, 5.74) is 5.77. The number of rotatable bonds is 2. The maximum Gasteiger partial charge on any atom is 0.404 e. The smallest absolute Gasteiger partial charge is 0.404 e. The Bertz CT molecular complexity index is 535. The van der Waals surface area contributed by atoms with Gasteiger partial charge in [-0.1, -0.05) is 30.3 Å². The molecule has 4 atom stereocenters. The molecule has 0 bridgehead atoms. The molecule has 2 fully saturated rings. The number of ether oxygens (including phenoxy) is 2. The number of benzene rings is 1. The predicted octanol–water partition coefficient (Wildman–Crippen LogP) is -0.249. The summed E-state index contributed by atoms with van der Waals surface area (Å²) in [6, 6.07) is 8.66. The predicted molar refractivity (Wildman–Crippen MR) is 66.2 cm³/mol. The summed E-state index contributed by atoms with van der Waals surface area (Å²) < 4.78 is 10.4. The summed E-state index contributed by atoms with van der Waals surface area (Å²) in [5.74, 6) is -0.521. The molecular weight excluding hydrogens is 264 g/mol. The molecule has 1 aromatic carbocycles. The topological polar surface area (TPSA) is 102 Å². The highest BCUT2D eigenvalue weighted by molar-refractivity contribution is 5.85. The largest absolute Gasteiger partial charge is 0.441 e. The van der Waals surface area contributed by atoms with Crippen LogP contribution in [0.1, 0.15) is 11.8 Å². The van der Waals surface area contributed by atoms with Crippen LogP contribution in [0.3, 0.4) is 0 Å². The molecule has 0 aliphatic carbocycles. The van der Waals surface area contributed by atoms with E-state index in [1.165, 1.54) is 4.90 Å². The zero-order valence-corrected chi connectivity index (χ0v) is 10.5. The highest BCUT2D eigenvalue weighted by Crippen LogP contribution is 2.38. The standard InChI is InChI=1S/C13H14N2O5/c14-13(18)20-10-8-6-19-12(7-4-2-1-3-5-7)15(8)11(17)9(10)16/h1-5,8-10,12,16H,6H2,(H2,14,18)/t8-,9+,10+,12+/m1/s1. The van der Waals surface area contributed by atoms with Crippen molar-refractivity contribution >= 4 is 12.0 Å². The van der Waals surface area contributed by atoms with E-state index in [9.17, 15) is 14.7 Å². The van der Waals surface area contributed by atoms with Crippen molar-refractivity contribution in [1.29, 1.82) is 0 Å². The van der Waals surface area contributed by atoms with Gasteiger partial charge in [0.1, 0.15) is 0 Å². The number of nitrogens with two attached hydrogens (primary N) is 1. The average molecular weight is 278 g/mol. The van der Waals surface area contributed by atoms with Crippen LogP contribution in [0.15, 0.2) is 30.3 Å². The molecule has 0 spiro atoms. The average Bonchev–Trinajstić information content (AvgIpc) is 2.96. The monoisotopic (exact) mass is 278 g/mol. The van der Waals surface area contributed by atoms with E-state index in [1.807, 2.05) is 30.3 Å². The van der Waals surface area contributed by atoms with Crippen molar-refractivity contribution in [3.8, 4) is 0 Å². The molecule has 2 heterocycles. The van der Waals surface area contributed by atoms with E-state index in [4.69, 9.17) is 15.2 Å². The minimum Gasteiger partial charge on any atom is -0.441 e. The van der Waals surface area contributed by atoms with Crippen LogP contribution < -0.4 is 5.73 Å². The highest BCUT2D eigenvalue weighted by Gasteiger charge is 2.56. The van der Waals surface area contributed by atoms with Crippen molar-refractivity contribution in [1.82, 2.24) is 4.90 Å². The fourth-order valence-corrected chi connectivity index (χ4v) is 2.71. The number of primary amides is 1. The molecule has 7 nitrogen and oxygen atoms in total. The number of aliphatic hydroxyl groups is 1. The van der Waals surface area contributed by atoms with Crippen molar-refractivity contribution in [3.63, 3.8) is 0 Å². The van der Waals surface area contributed by atoms with Crippen LogP contribution in [-0.4, -0.2) is 46.9 Å². The summed E-state index contributed by atoms with van der Waals surface area (Å²) in [5, 5.41) is 9.90. The number of aliphatic hydroxyl groups excluding tert-OH is 1. The van der Waals surface area contributed by atoms with E-state index in [-0.39, 0.29) is 6.61 Å². The Morgan fingerprint density at radius 1 is 1.40 bits per heavy atom. The Balaban J connectivity index is 1.88. The molecule has 7 heteroatoms. The Morgan fingerprint density at radius 3 is 2.75 bits per heavy atom. The minimum absolute atomic E-state index is 0.181. The molecule has 0 unspecified atom stereocenters. The van der Waals surface area contributed by atoms with E-state index < -0.39 is 36.5 Å². The first kappa shape index (κ1) is 12.9. The first-order chi connectivity index (χ1) is 9.59. The normalized spacial score (nSPS) is 32.2. The van der Waals surface area contributed by atoms with Crippen LogP contribution in [0, 0.1) is 0 Å². The van der Waals surface area contributed by atoms with E-state index in [0.29, 0.717) is 0 Å².